The van der Waals surface area contributed by atoms with Gasteiger partial charge >= 0.3 is 0 Å². The molecule has 0 saturated heterocycles. The second-order valence-electron chi connectivity index (χ2n) is 10.0. The quantitative estimate of drug-likeness (QED) is 0.539. The molecule has 156 valence electrons. The maximum Gasteiger partial charge on any atom is 0.231 e. The summed E-state index contributed by atoms with van der Waals surface area (Å²) in [5.41, 5.74) is 11.8. The first-order valence-corrected chi connectivity index (χ1v) is 11.0. The molecule has 0 bridgehead atoms. The Morgan fingerprint density at radius 1 is 0.793 bits per heavy atom. The minimum Gasteiger partial charge on any atom is -1.00 e. The summed E-state index contributed by atoms with van der Waals surface area (Å²) in [6.45, 7) is 20.5. The van der Waals surface area contributed by atoms with Gasteiger partial charge in [0.25, 0.3) is 0 Å². The van der Waals surface area contributed by atoms with Crippen LogP contribution < -0.4 is 17.0 Å². The Balaban J connectivity index is 0.00000300. The van der Waals surface area contributed by atoms with Crippen molar-refractivity contribution in [3.8, 4) is 16.8 Å². The molecule has 0 amide bonds. The summed E-state index contributed by atoms with van der Waals surface area (Å²) in [5, 5.41) is 0. The maximum absolute atomic E-state index is 2.39. The number of aromatic nitrogens is 1. The number of benzene rings is 2. The number of hydrogen-bond acceptors (Lipinski definition) is 1. The minimum atomic E-state index is 0. The second-order valence-corrected chi connectivity index (χ2v) is 11.1. The highest BCUT2D eigenvalue weighted by Gasteiger charge is 2.25. The van der Waals surface area contributed by atoms with Crippen LogP contribution in [0, 0.1) is 20.8 Å². The predicted molar refractivity (Wildman–Crippen MR) is 123 cm³/mol. The first kappa shape index (κ1) is 23.6. The molecule has 3 heteroatoms. The molecule has 1 aromatic heterocycles. The zero-order valence-corrected chi connectivity index (χ0v) is 20.8. The van der Waals surface area contributed by atoms with Gasteiger partial charge in [0.15, 0.2) is 5.69 Å². The van der Waals surface area contributed by atoms with Gasteiger partial charge in [0.1, 0.15) is 0 Å². The average molecular weight is 428 g/mol. The molecule has 3 rings (SSSR count). The van der Waals surface area contributed by atoms with Gasteiger partial charge in [-0.25, -0.2) is 0 Å². The molecule has 1 heterocycles. The second kappa shape index (κ2) is 8.24. The largest absolute Gasteiger partial charge is 1.00 e. The predicted octanol–water partition coefficient (Wildman–Crippen LogP) is 4.22. The van der Waals surface area contributed by atoms with Gasteiger partial charge in [0.05, 0.1) is 10.4 Å². The van der Waals surface area contributed by atoms with Gasteiger partial charge in [-0.05, 0) is 47.4 Å². The van der Waals surface area contributed by atoms with Crippen LogP contribution in [0.25, 0.3) is 16.8 Å². The average Bonchev–Trinajstić information content (AvgIpc) is 2.92. The third kappa shape index (κ3) is 4.75. The van der Waals surface area contributed by atoms with E-state index in [4.69, 9.17) is 0 Å². The maximum atomic E-state index is 2.39. The van der Waals surface area contributed by atoms with Gasteiger partial charge in [0.2, 0.25) is 11.2 Å². The number of hydrogen-bond donors (Lipinski definition) is 0. The molecule has 0 atom stereocenters. The Labute approximate surface area is 187 Å². The summed E-state index contributed by atoms with van der Waals surface area (Å²) in [7, 11) is 0. The molecule has 0 saturated carbocycles. The van der Waals surface area contributed by atoms with Crippen molar-refractivity contribution < 1.29 is 17.0 Å². The third-order valence-corrected chi connectivity index (χ3v) is 6.63. The zero-order chi connectivity index (χ0) is 20.9. The number of aryl methyl sites for hydroxylation is 2. The first-order chi connectivity index (χ1) is 12.9. The summed E-state index contributed by atoms with van der Waals surface area (Å²) in [6, 6.07) is 13.9. The fourth-order valence-electron chi connectivity index (χ4n) is 3.55. The SMILES string of the molecule is Cc1cccc(-c2cc(C(C)(C)C)cc(C(C)(C)C)c2)c1-[n+]1csc(C)c1C.[Cl-]. The van der Waals surface area contributed by atoms with Crippen LogP contribution in [0.5, 0.6) is 0 Å². The summed E-state index contributed by atoms with van der Waals surface area (Å²) in [6.07, 6.45) is 0. The van der Waals surface area contributed by atoms with E-state index >= 15 is 0 Å². The zero-order valence-electron chi connectivity index (χ0n) is 19.3. The van der Waals surface area contributed by atoms with Crippen molar-refractivity contribution in [1.82, 2.24) is 0 Å². The molecular weight excluding hydrogens is 394 g/mol. The van der Waals surface area contributed by atoms with Crippen molar-refractivity contribution in [3.63, 3.8) is 0 Å². The van der Waals surface area contributed by atoms with E-state index in [9.17, 15) is 0 Å². The molecule has 0 radical (unpaired) electrons. The van der Waals surface area contributed by atoms with E-state index in [1.54, 1.807) is 0 Å². The molecule has 0 fully saturated rings. The van der Waals surface area contributed by atoms with E-state index in [2.05, 4.69) is 109 Å². The van der Waals surface area contributed by atoms with Crippen LogP contribution >= 0.6 is 11.3 Å². The van der Waals surface area contributed by atoms with Gasteiger partial charge in [-0.2, -0.15) is 4.57 Å². The monoisotopic (exact) mass is 427 g/mol. The van der Waals surface area contributed by atoms with Crippen LogP contribution in [0.4, 0.5) is 0 Å². The smallest absolute Gasteiger partial charge is 0.231 e. The first-order valence-electron chi connectivity index (χ1n) is 10.1. The van der Waals surface area contributed by atoms with E-state index < -0.39 is 0 Å². The highest BCUT2D eigenvalue weighted by Crippen LogP contribution is 2.36. The van der Waals surface area contributed by atoms with Crippen molar-refractivity contribution >= 4 is 11.3 Å². The number of nitrogens with zero attached hydrogens (tertiary/aromatic N) is 1. The fourth-order valence-corrected chi connectivity index (χ4v) is 4.34. The Kier molecular flexibility index (Phi) is 6.72. The van der Waals surface area contributed by atoms with Crippen LogP contribution in [-0.2, 0) is 10.8 Å². The number of rotatable bonds is 2. The lowest BCUT2D eigenvalue weighted by Crippen LogP contribution is -3.00. The summed E-state index contributed by atoms with van der Waals surface area (Å²) in [5.74, 6) is 0. The van der Waals surface area contributed by atoms with Gasteiger partial charge in [-0.15, -0.1) is 0 Å². The van der Waals surface area contributed by atoms with Crippen LogP contribution in [-0.4, -0.2) is 0 Å². The van der Waals surface area contributed by atoms with Crippen LogP contribution in [0.3, 0.4) is 0 Å². The van der Waals surface area contributed by atoms with Crippen LogP contribution in [0.1, 0.15) is 68.8 Å². The van der Waals surface area contributed by atoms with Crippen LogP contribution in [0.2, 0.25) is 0 Å². The lowest BCUT2D eigenvalue weighted by Gasteiger charge is -2.26. The van der Waals surface area contributed by atoms with E-state index in [0.29, 0.717) is 0 Å². The van der Waals surface area contributed by atoms with Crippen molar-refractivity contribution in [2.45, 2.75) is 73.1 Å². The normalized spacial score (nSPS) is 12.0. The molecule has 0 aliphatic carbocycles. The minimum absolute atomic E-state index is 0. The van der Waals surface area contributed by atoms with Crippen molar-refractivity contribution in [1.29, 1.82) is 0 Å². The van der Waals surface area contributed by atoms with Gasteiger partial charge in [-0.3, -0.25) is 0 Å². The number of thiazole rings is 1. The Morgan fingerprint density at radius 2 is 1.34 bits per heavy atom. The summed E-state index contributed by atoms with van der Waals surface area (Å²) < 4.78 is 2.37. The van der Waals surface area contributed by atoms with E-state index in [0.717, 1.165) is 0 Å². The molecule has 0 aliphatic rings. The molecule has 0 N–H and O–H groups in total. The molecular formula is C26H34ClNS. The Morgan fingerprint density at radius 3 is 1.79 bits per heavy atom. The number of para-hydroxylation sites is 1. The lowest BCUT2D eigenvalue weighted by atomic mass is 9.78. The fraction of sp³-hybridized carbons (Fsp3) is 0.423. The summed E-state index contributed by atoms with van der Waals surface area (Å²) in [4.78, 5) is 1.37. The third-order valence-electron chi connectivity index (χ3n) is 5.66. The molecule has 1 nitrogen and oxygen atoms in total. The van der Waals surface area contributed by atoms with Crippen molar-refractivity contribution in [2.75, 3.05) is 0 Å². The molecule has 3 aromatic rings. The van der Waals surface area contributed by atoms with Crippen molar-refractivity contribution in [2.24, 2.45) is 0 Å². The highest BCUT2D eigenvalue weighted by molar-refractivity contribution is 7.09. The number of halogens is 1. The van der Waals surface area contributed by atoms with E-state index in [-0.39, 0.29) is 23.2 Å². The Bertz CT molecular complexity index is 984. The Hall–Kier alpha value is -1.64. The standard InChI is InChI=1S/C26H34NS.ClH/c1-17-11-10-12-23(24(17)27-16-28-19(3)18(27)2)20-13-21(25(4,5)6)15-22(14-20)26(7,8)9;/h10-16H,1-9H3;1H/q+1;/p-1. The van der Waals surface area contributed by atoms with Gasteiger partial charge in [-0.1, -0.05) is 83.2 Å². The van der Waals surface area contributed by atoms with Gasteiger partial charge < -0.3 is 12.4 Å². The van der Waals surface area contributed by atoms with E-state index in [1.807, 2.05) is 11.3 Å². The summed E-state index contributed by atoms with van der Waals surface area (Å²) >= 11 is 1.82. The molecule has 0 aliphatic heterocycles. The molecule has 29 heavy (non-hydrogen) atoms. The topological polar surface area (TPSA) is 3.88 Å². The van der Waals surface area contributed by atoms with Gasteiger partial charge in [0, 0.05) is 12.5 Å². The van der Waals surface area contributed by atoms with Crippen molar-refractivity contribution in [3.05, 3.63) is 69.2 Å². The molecule has 2 aromatic carbocycles. The molecule has 0 spiro atoms. The lowest BCUT2D eigenvalue weighted by molar-refractivity contribution is -0.597. The molecule has 0 unspecified atom stereocenters. The van der Waals surface area contributed by atoms with Crippen LogP contribution in [0.15, 0.2) is 41.9 Å². The highest BCUT2D eigenvalue weighted by atomic mass is 35.5. The van der Waals surface area contributed by atoms with E-state index in [1.165, 1.54) is 44.1 Å².